The van der Waals surface area contributed by atoms with Gasteiger partial charge < -0.3 is 11.1 Å². The quantitative estimate of drug-likeness (QED) is 0.840. The second-order valence-corrected chi connectivity index (χ2v) is 7.38. The van der Waals surface area contributed by atoms with Crippen LogP contribution in [0.15, 0.2) is 53.4 Å². The molecule has 3 N–H and O–H groups in total. The van der Waals surface area contributed by atoms with Crippen molar-refractivity contribution < 1.29 is 13.2 Å². The molecular formula is C16H19N3O3S. The van der Waals surface area contributed by atoms with Gasteiger partial charge in [-0.05, 0) is 42.0 Å². The van der Waals surface area contributed by atoms with Gasteiger partial charge >= 0.3 is 0 Å². The van der Waals surface area contributed by atoms with Crippen LogP contribution in [0.1, 0.15) is 15.9 Å². The van der Waals surface area contributed by atoms with Gasteiger partial charge in [-0.15, -0.1) is 0 Å². The van der Waals surface area contributed by atoms with Crippen molar-refractivity contribution >= 4 is 21.6 Å². The summed E-state index contributed by atoms with van der Waals surface area (Å²) < 4.78 is 25.4. The lowest BCUT2D eigenvalue weighted by molar-refractivity contribution is 0.100. The Kier molecular flexibility index (Phi) is 5.02. The smallest absolute Gasteiger partial charge is 0.248 e. The van der Waals surface area contributed by atoms with Gasteiger partial charge in [0, 0.05) is 31.9 Å². The van der Waals surface area contributed by atoms with Gasteiger partial charge in [0.1, 0.15) is 0 Å². The van der Waals surface area contributed by atoms with Gasteiger partial charge in [0.15, 0.2) is 0 Å². The highest BCUT2D eigenvalue weighted by atomic mass is 32.2. The van der Waals surface area contributed by atoms with Crippen molar-refractivity contribution in [2.24, 2.45) is 5.73 Å². The Bertz CT molecular complexity index is 800. The van der Waals surface area contributed by atoms with Crippen molar-refractivity contribution in [1.82, 2.24) is 4.31 Å². The molecule has 0 bridgehead atoms. The minimum Gasteiger partial charge on any atom is -0.381 e. The largest absolute Gasteiger partial charge is 0.381 e. The lowest BCUT2D eigenvalue weighted by Gasteiger charge is -2.13. The molecule has 122 valence electrons. The van der Waals surface area contributed by atoms with Gasteiger partial charge in [-0.2, -0.15) is 0 Å². The maximum absolute atomic E-state index is 12.1. The number of anilines is 1. The molecule has 2 aromatic carbocycles. The lowest BCUT2D eigenvalue weighted by Crippen LogP contribution is -2.22. The van der Waals surface area contributed by atoms with E-state index >= 15 is 0 Å². The number of benzene rings is 2. The summed E-state index contributed by atoms with van der Waals surface area (Å²) in [5.41, 5.74) is 7.29. The molecule has 0 heterocycles. The number of nitrogens with two attached hydrogens (primary N) is 1. The van der Waals surface area contributed by atoms with E-state index in [-0.39, 0.29) is 4.90 Å². The van der Waals surface area contributed by atoms with Crippen molar-refractivity contribution in [2.45, 2.75) is 11.4 Å². The number of nitrogens with one attached hydrogen (secondary N) is 1. The zero-order valence-corrected chi connectivity index (χ0v) is 13.8. The van der Waals surface area contributed by atoms with Crippen LogP contribution >= 0.6 is 0 Å². The predicted octanol–water partition coefficient (Wildman–Crippen LogP) is 1.65. The van der Waals surface area contributed by atoms with E-state index in [1.807, 2.05) is 6.07 Å². The van der Waals surface area contributed by atoms with E-state index in [9.17, 15) is 13.2 Å². The second kappa shape index (κ2) is 6.80. The summed E-state index contributed by atoms with van der Waals surface area (Å²) >= 11 is 0. The van der Waals surface area contributed by atoms with E-state index < -0.39 is 15.9 Å². The number of hydrogen-bond acceptors (Lipinski definition) is 4. The van der Waals surface area contributed by atoms with E-state index in [0.717, 1.165) is 11.3 Å². The zero-order valence-electron chi connectivity index (χ0n) is 13.0. The average Bonchev–Trinajstić information content (AvgIpc) is 2.53. The molecule has 0 spiro atoms. The standard InChI is InChI=1S/C16H19N3O3S/c1-19(2)23(21,22)15-5-3-4-12(10-15)11-18-14-8-6-13(7-9-14)16(17)20/h3-10,18H,11H2,1-2H3,(H2,17,20). The van der Waals surface area contributed by atoms with Crippen molar-refractivity contribution in [1.29, 1.82) is 0 Å². The van der Waals surface area contributed by atoms with E-state index in [4.69, 9.17) is 5.73 Å². The third kappa shape index (κ3) is 4.08. The molecule has 0 saturated heterocycles. The highest BCUT2D eigenvalue weighted by molar-refractivity contribution is 7.89. The molecule has 0 radical (unpaired) electrons. The van der Waals surface area contributed by atoms with Crippen LogP contribution in [0.25, 0.3) is 0 Å². The number of carbonyl (C=O) groups is 1. The molecule has 0 aliphatic carbocycles. The van der Waals surface area contributed by atoms with Gasteiger partial charge in [0.25, 0.3) is 0 Å². The summed E-state index contributed by atoms with van der Waals surface area (Å²) in [5, 5.41) is 3.17. The Labute approximate surface area is 136 Å². The Hall–Kier alpha value is -2.38. The molecule has 0 atom stereocenters. The normalized spacial score (nSPS) is 11.4. The summed E-state index contributed by atoms with van der Waals surface area (Å²) in [5.74, 6) is -0.474. The maximum atomic E-state index is 12.1. The lowest BCUT2D eigenvalue weighted by atomic mass is 10.2. The van der Waals surface area contributed by atoms with Gasteiger partial charge in [-0.3, -0.25) is 4.79 Å². The van der Waals surface area contributed by atoms with Gasteiger partial charge in [0.2, 0.25) is 15.9 Å². The molecule has 7 heteroatoms. The summed E-state index contributed by atoms with van der Waals surface area (Å²) in [6, 6.07) is 13.5. The molecule has 2 rings (SSSR count). The number of primary amides is 1. The fourth-order valence-electron chi connectivity index (χ4n) is 1.98. The SMILES string of the molecule is CN(C)S(=O)(=O)c1cccc(CNc2ccc(C(N)=O)cc2)c1. The average molecular weight is 333 g/mol. The Morgan fingerprint density at radius 3 is 2.35 bits per heavy atom. The molecule has 0 unspecified atom stereocenters. The molecule has 0 aliphatic heterocycles. The first-order valence-corrected chi connectivity index (χ1v) is 8.40. The van der Waals surface area contributed by atoms with Crippen LogP contribution in [-0.4, -0.2) is 32.7 Å². The van der Waals surface area contributed by atoms with E-state index in [2.05, 4.69) is 5.32 Å². The molecule has 0 aromatic heterocycles. The van der Waals surface area contributed by atoms with Crippen LogP contribution in [0.5, 0.6) is 0 Å². The minimum absolute atomic E-state index is 0.255. The first-order valence-electron chi connectivity index (χ1n) is 6.96. The molecule has 6 nitrogen and oxygen atoms in total. The Morgan fingerprint density at radius 2 is 1.78 bits per heavy atom. The molecule has 0 aliphatic rings. The van der Waals surface area contributed by atoms with Crippen molar-refractivity contribution in [3.63, 3.8) is 0 Å². The van der Waals surface area contributed by atoms with E-state index in [0.29, 0.717) is 12.1 Å². The highest BCUT2D eigenvalue weighted by Gasteiger charge is 2.16. The number of sulfonamides is 1. The summed E-state index contributed by atoms with van der Waals surface area (Å²) in [6.07, 6.45) is 0. The van der Waals surface area contributed by atoms with E-state index in [1.54, 1.807) is 42.5 Å². The van der Waals surface area contributed by atoms with Crippen LogP contribution in [0.2, 0.25) is 0 Å². The van der Waals surface area contributed by atoms with Gasteiger partial charge in [-0.25, -0.2) is 12.7 Å². The summed E-state index contributed by atoms with van der Waals surface area (Å²) in [7, 11) is -0.442. The number of carbonyl (C=O) groups excluding carboxylic acids is 1. The number of amides is 1. The first-order chi connectivity index (χ1) is 10.8. The van der Waals surface area contributed by atoms with Crippen LogP contribution < -0.4 is 11.1 Å². The third-order valence-corrected chi connectivity index (χ3v) is 5.15. The minimum atomic E-state index is -3.44. The van der Waals surface area contributed by atoms with Crippen LogP contribution in [0, 0.1) is 0 Å². The number of nitrogens with zero attached hydrogens (tertiary/aromatic N) is 1. The second-order valence-electron chi connectivity index (χ2n) is 5.23. The molecule has 2 aromatic rings. The van der Waals surface area contributed by atoms with Gasteiger partial charge in [0.05, 0.1) is 4.90 Å². The molecule has 0 saturated carbocycles. The Balaban J connectivity index is 2.11. The highest BCUT2D eigenvalue weighted by Crippen LogP contribution is 2.16. The first kappa shape index (κ1) is 17.0. The molecule has 0 fully saturated rings. The number of hydrogen-bond donors (Lipinski definition) is 2. The topological polar surface area (TPSA) is 92.5 Å². The fraction of sp³-hybridized carbons (Fsp3) is 0.188. The molecule has 1 amide bonds. The predicted molar refractivity (Wildman–Crippen MR) is 89.6 cm³/mol. The van der Waals surface area contributed by atoms with Crippen LogP contribution in [0.4, 0.5) is 5.69 Å². The van der Waals surface area contributed by atoms with Crippen molar-refractivity contribution in [2.75, 3.05) is 19.4 Å². The summed E-state index contributed by atoms with van der Waals surface area (Å²) in [4.78, 5) is 11.3. The van der Waals surface area contributed by atoms with Crippen molar-refractivity contribution in [3.8, 4) is 0 Å². The summed E-state index contributed by atoms with van der Waals surface area (Å²) in [6.45, 7) is 0.465. The fourth-order valence-corrected chi connectivity index (χ4v) is 2.96. The van der Waals surface area contributed by atoms with Crippen LogP contribution in [-0.2, 0) is 16.6 Å². The van der Waals surface area contributed by atoms with E-state index in [1.165, 1.54) is 18.4 Å². The third-order valence-electron chi connectivity index (χ3n) is 3.34. The molecule has 23 heavy (non-hydrogen) atoms. The van der Waals surface area contributed by atoms with Crippen molar-refractivity contribution in [3.05, 3.63) is 59.7 Å². The molecular weight excluding hydrogens is 314 g/mol. The number of rotatable bonds is 6. The Morgan fingerprint density at radius 1 is 1.13 bits per heavy atom. The maximum Gasteiger partial charge on any atom is 0.248 e. The van der Waals surface area contributed by atoms with Gasteiger partial charge in [-0.1, -0.05) is 12.1 Å². The zero-order chi connectivity index (χ0) is 17.0. The monoisotopic (exact) mass is 333 g/mol. The van der Waals surface area contributed by atoms with Crippen LogP contribution in [0.3, 0.4) is 0 Å².